The summed E-state index contributed by atoms with van der Waals surface area (Å²) in [7, 11) is 0. The van der Waals surface area contributed by atoms with Gasteiger partial charge in [-0.15, -0.1) is 0 Å². The van der Waals surface area contributed by atoms with E-state index in [2.05, 4.69) is 16.5 Å². The predicted molar refractivity (Wildman–Crippen MR) is 47.2 cm³/mol. The third-order valence-electron chi connectivity index (χ3n) is 2.46. The number of aryl methyl sites for hydroxylation is 1. The molecule has 1 aliphatic rings. The van der Waals surface area contributed by atoms with Gasteiger partial charge in [0, 0.05) is 18.4 Å². The number of rotatable bonds is 1. The first-order valence-corrected chi connectivity index (χ1v) is 4.30. The van der Waals surface area contributed by atoms with Gasteiger partial charge >= 0.3 is 0 Å². The molecule has 0 fully saturated rings. The molecule has 64 valence electrons. The zero-order valence-electron chi connectivity index (χ0n) is 6.96. The second kappa shape index (κ2) is 3.21. The van der Waals surface area contributed by atoms with Crippen LogP contribution in [0.25, 0.3) is 0 Å². The predicted octanol–water partition coefficient (Wildman–Crippen LogP) is 0.922. The van der Waals surface area contributed by atoms with Crippen molar-refractivity contribution in [2.24, 2.45) is 5.84 Å². The van der Waals surface area contributed by atoms with Crippen LogP contribution in [0.4, 0.5) is 0 Å². The van der Waals surface area contributed by atoms with E-state index in [-0.39, 0.29) is 0 Å². The van der Waals surface area contributed by atoms with Crippen LogP contribution in [0, 0.1) is 0 Å². The summed E-state index contributed by atoms with van der Waals surface area (Å²) in [6.07, 6.45) is 7.25. The molecule has 3 N–H and O–H groups in total. The SMILES string of the molecule is NN[C@H]1CCCc2cnccc21. The van der Waals surface area contributed by atoms with Crippen LogP contribution in [0.3, 0.4) is 0 Å². The fraction of sp³-hybridized carbons (Fsp3) is 0.444. The molecular weight excluding hydrogens is 150 g/mol. The summed E-state index contributed by atoms with van der Waals surface area (Å²) in [5, 5.41) is 0. The molecule has 0 saturated heterocycles. The Balaban J connectivity index is 2.37. The summed E-state index contributed by atoms with van der Waals surface area (Å²) >= 11 is 0. The Labute approximate surface area is 72.0 Å². The van der Waals surface area contributed by atoms with Crippen molar-refractivity contribution < 1.29 is 0 Å². The molecule has 3 nitrogen and oxygen atoms in total. The normalized spacial score (nSPS) is 21.9. The summed E-state index contributed by atoms with van der Waals surface area (Å²) in [4.78, 5) is 4.10. The van der Waals surface area contributed by atoms with Crippen molar-refractivity contribution in [3.63, 3.8) is 0 Å². The van der Waals surface area contributed by atoms with E-state index in [0.717, 1.165) is 12.8 Å². The molecule has 1 aliphatic carbocycles. The Hall–Kier alpha value is -0.930. The van der Waals surface area contributed by atoms with E-state index in [1.807, 2.05) is 12.4 Å². The molecule has 0 radical (unpaired) electrons. The summed E-state index contributed by atoms with van der Waals surface area (Å²) in [5.74, 6) is 5.45. The molecule has 1 aromatic heterocycles. The smallest absolute Gasteiger partial charge is 0.0463 e. The number of hydrazine groups is 1. The highest BCUT2D eigenvalue weighted by molar-refractivity contribution is 5.28. The van der Waals surface area contributed by atoms with Crippen LogP contribution in [0.5, 0.6) is 0 Å². The van der Waals surface area contributed by atoms with Crippen molar-refractivity contribution in [1.29, 1.82) is 0 Å². The highest BCUT2D eigenvalue weighted by Crippen LogP contribution is 2.27. The van der Waals surface area contributed by atoms with E-state index in [0.29, 0.717) is 6.04 Å². The van der Waals surface area contributed by atoms with Crippen molar-refractivity contribution in [3.05, 3.63) is 29.6 Å². The van der Waals surface area contributed by atoms with Crippen LogP contribution in [0.1, 0.15) is 30.0 Å². The first kappa shape index (κ1) is 7.71. The van der Waals surface area contributed by atoms with Gasteiger partial charge in [-0.25, -0.2) is 0 Å². The zero-order chi connectivity index (χ0) is 8.39. The average molecular weight is 163 g/mol. The summed E-state index contributed by atoms with van der Waals surface area (Å²) in [6.45, 7) is 0. The van der Waals surface area contributed by atoms with E-state index in [9.17, 15) is 0 Å². The van der Waals surface area contributed by atoms with Gasteiger partial charge in [0.15, 0.2) is 0 Å². The highest BCUT2D eigenvalue weighted by atomic mass is 15.2. The summed E-state index contributed by atoms with van der Waals surface area (Å²) in [6, 6.07) is 2.38. The van der Waals surface area contributed by atoms with Gasteiger partial charge in [-0.2, -0.15) is 0 Å². The van der Waals surface area contributed by atoms with E-state index < -0.39 is 0 Å². The minimum absolute atomic E-state index is 0.330. The minimum atomic E-state index is 0.330. The van der Waals surface area contributed by atoms with Crippen LogP contribution >= 0.6 is 0 Å². The number of nitrogens with two attached hydrogens (primary N) is 1. The van der Waals surface area contributed by atoms with Crippen molar-refractivity contribution in [3.8, 4) is 0 Å². The zero-order valence-corrected chi connectivity index (χ0v) is 6.96. The Morgan fingerprint density at radius 3 is 3.33 bits per heavy atom. The average Bonchev–Trinajstić information content (AvgIpc) is 2.17. The molecule has 3 heteroatoms. The topological polar surface area (TPSA) is 50.9 Å². The van der Waals surface area contributed by atoms with Gasteiger partial charge in [0.05, 0.1) is 0 Å². The van der Waals surface area contributed by atoms with E-state index in [1.54, 1.807) is 0 Å². The lowest BCUT2D eigenvalue weighted by Gasteiger charge is -2.23. The lowest BCUT2D eigenvalue weighted by atomic mass is 9.90. The fourth-order valence-corrected chi connectivity index (χ4v) is 1.81. The largest absolute Gasteiger partial charge is 0.271 e. The molecule has 12 heavy (non-hydrogen) atoms. The number of aromatic nitrogens is 1. The highest BCUT2D eigenvalue weighted by Gasteiger charge is 2.17. The van der Waals surface area contributed by atoms with Crippen LogP contribution in [-0.4, -0.2) is 4.98 Å². The Bertz CT molecular complexity index is 272. The molecule has 0 spiro atoms. The minimum Gasteiger partial charge on any atom is -0.271 e. The lowest BCUT2D eigenvalue weighted by Crippen LogP contribution is -2.30. The monoisotopic (exact) mass is 163 g/mol. The van der Waals surface area contributed by atoms with Gasteiger partial charge in [0.25, 0.3) is 0 Å². The van der Waals surface area contributed by atoms with Crippen LogP contribution in [-0.2, 0) is 6.42 Å². The molecule has 0 unspecified atom stereocenters. The van der Waals surface area contributed by atoms with Gasteiger partial charge in [-0.1, -0.05) is 0 Å². The van der Waals surface area contributed by atoms with E-state index in [1.165, 1.54) is 17.5 Å². The van der Waals surface area contributed by atoms with Crippen LogP contribution in [0.15, 0.2) is 18.5 Å². The second-order valence-corrected chi connectivity index (χ2v) is 3.19. The molecule has 1 heterocycles. The summed E-state index contributed by atoms with van der Waals surface area (Å²) < 4.78 is 0. The van der Waals surface area contributed by atoms with Gasteiger partial charge in [-0.05, 0) is 36.5 Å². The Kier molecular flexibility index (Phi) is 2.06. The molecule has 0 saturated carbocycles. The number of hydrogen-bond donors (Lipinski definition) is 2. The second-order valence-electron chi connectivity index (χ2n) is 3.19. The first-order valence-electron chi connectivity index (χ1n) is 4.30. The van der Waals surface area contributed by atoms with Gasteiger partial charge in [-0.3, -0.25) is 16.3 Å². The van der Waals surface area contributed by atoms with Crippen LogP contribution < -0.4 is 11.3 Å². The number of nitrogens with zero attached hydrogens (tertiary/aromatic N) is 1. The number of hydrogen-bond acceptors (Lipinski definition) is 3. The van der Waals surface area contributed by atoms with Crippen molar-refractivity contribution in [2.75, 3.05) is 0 Å². The molecule has 1 aromatic rings. The first-order chi connectivity index (χ1) is 5.92. The quantitative estimate of drug-likeness (QED) is 0.478. The van der Waals surface area contributed by atoms with Crippen LogP contribution in [0.2, 0.25) is 0 Å². The molecule has 1 atom stereocenters. The number of fused-ring (bicyclic) bond motifs is 1. The third-order valence-corrected chi connectivity index (χ3v) is 2.46. The molecule has 2 rings (SSSR count). The number of pyridine rings is 1. The third kappa shape index (κ3) is 1.21. The maximum absolute atomic E-state index is 5.45. The maximum atomic E-state index is 5.45. The van der Waals surface area contributed by atoms with E-state index >= 15 is 0 Å². The maximum Gasteiger partial charge on any atom is 0.0463 e. The number of nitrogens with one attached hydrogen (secondary N) is 1. The molecular formula is C9H13N3. The van der Waals surface area contributed by atoms with Gasteiger partial charge < -0.3 is 0 Å². The van der Waals surface area contributed by atoms with Gasteiger partial charge in [0.1, 0.15) is 0 Å². The standard InChI is InChI=1S/C9H13N3/c10-12-9-3-1-2-7-6-11-5-4-8(7)9/h4-6,9,12H,1-3,10H2/t9-/m0/s1. The summed E-state index contributed by atoms with van der Waals surface area (Å²) in [5.41, 5.74) is 5.49. The molecule has 0 amide bonds. The molecule has 0 aliphatic heterocycles. The molecule has 0 aromatic carbocycles. The molecule has 0 bridgehead atoms. The van der Waals surface area contributed by atoms with Crippen molar-refractivity contribution >= 4 is 0 Å². The van der Waals surface area contributed by atoms with E-state index in [4.69, 9.17) is 5.84 Å². The van der Waals surface area contributed by atoms with Crippen molar-refractivity contribution in [2.45, 2.75) is 25.3 Å². The Morgan fingerprint density at radius 1 is 1.58 bits per heavy atom. The fourth-order valence-electron chi connectivity index (χ4n) is 1.81. The lowest BCUT2D eigenvalue weighted by molar-refractivity contribution is 0.471. The Morgan fingerprint density at radius 2 is 2.50 bits per heavy atom. The van der Waals surface area contributed by atoms with Gasteiger partial charge in [0.2, 0.25) is 0 Å². The van der Waals surface area contributed by atoms with Crippen molar-refractivity contribution in [1.82, 2.24) is 10.4 Å².